The Bertz CT molecular complexity index is 515. The molecule has 0 spiro atoms. The summed E-state index contributed by atoms with van der Waals surface area (Å²) in [7, 11) is 0. The quantitative estimate of drug-likeness (QED) is 0.205. The summed E-state index contributed by atoms with van der Waals surface area (Å²) in [5, 5.41) is 9.41. The van der Waals surface area contributed by atoms with Crippen molar-refractivity contribution in [1.29, 1.82) is 0 Å². The van der Waals surface area contributed by atoms with Crippen LogP contribution in [0.25, 0.3) is 0 Å². The van der Waals surface area contributed by atoms with Gasteiger partial charge in [-0.3, -0.25) is 19.9 Å². The molecule has 0 fully saturated rings. The minimum atomic E-state index is -3.22. The van der Waals surface area contributed by atoms with Crippen molar-refractivity contribution in [2.24, 2.45) is 0 Å². The van der Waals surface area contributed by atoms with E-state index in [4.69, 9.17) is 4.89 Å². The Balaban J connectivity index is 2.46. The second kappa shape index (κ2) is 8.24. The fraction of sp³-hybridized carbons (Fsp3) is 0.462. The normalized spacial score (nSPS) is 14.0. The summed E-state index contributed by atoms with van der Waals surface area (Å²) in [6.07, 6.45) is -0.0848. The van der Waals surface area contributed by atoms with Gasteiger partial charge < -0.3 is 4.89 Å². The molecule has 0 bridgehead atoms. The fourth-order valence-corrected chi connectivity index (χ4v) is 2.77. The number of hydroxylamine groups is 2. The molecule has 0 aliphatic carbocycles. The van der Waals surface area contributed by atoms with Gasteiger partial charge in [-0.25, -0.2) is 5.06 Å². The maximum Gasteiger partial charge on any atom is 0.270 e. The third-order valence-corrected chi connectivity index (χ3v) is 4.50. The highest BCUT2D eigenvalue weighted by atomic mass is 127. The molecule has 1 unspecified atom stereocenters. The van der Waals surface area contributed by atoms with Crippen LogP contribution in [0.4, 0.5) is 0 Å². The summed E-state index contributed by atoms with van der Waals surface area (Å²) < 4.78 is 11.0. The highest BCUT2D eigenvalue weighted by Crippen LogP contribution is 2.48. The average molecular weight is 426 g/mol. The van der Waals surface area contributed by atoms with Crippen LogP contribution < -0.4 is 5.32 Å². The molecule has 0 saturated carbocycles. The summed E-state index contributed by atoms with van der Waals surface area (Å²) in [6, 6.07) is 7.65. The summed E-state index contributed by atoms with van der Waals surface area (Å²) in [5.41, 5.74) is 2.00. The van der Waals surface area contributed by atoms with Crippen LogP contribution in [-0.2, 0) is 15.8 Å². The van der Waals surface area contributed by atoms with Crippen LogP contribution in [-0.4, -0.2) is 34.0 Å². The third-order valence-electron chi connectivity index (χ3n) is 2.86. The zero-order valence-electron chi connectivity index (χ0n) is 12.0. The Labute approximate surface area is 137 Å². The van der Waals surface area contributed by atoms with Crippen LogP contribution in [0.3, 0.4) is 0 Å². The number of carbonyl (C=O) groups is 1. The lowest BCUT2D eigenvalue weighted by Crippen LogP contribution is -2.37. The molecular formula is C13H20IN2O4P. The van der Waals surface area contributed by atoms with Crippen LogP contribution >= 0.6 is 27.1 Å². The van der Waals surface area contributed by atoms with Gasteiger partial charge in [0.25, 0.3) is 10.9 Å². The molecule has 1 atom stereocenters. The van der Waals surface area contributed by atoms with Crippen LogP contribution in [0.15, 0.2) is 24.3 Å². The first-order valence-corrected chi connectivity index (χ1v) is 11.1. The predicted molar refractivity (Wildman–Crippen MR) is 89.6 cm³/mol. The summed E-state index contributed by atoms with van der Waals surface area (Å²) >= 11 is 1.43. The number of nitrogens with one attached hydrogen (secondary N) is 1. The molecule has 0 heterocycles. The zero-order chi connectivity index (χ0) is 16.0. The van der Waals surface area contributed by atoms with Crippen LogP contribution in [0, 0.1) is 0 Å². The molecule has 0 aliphatic heterocycles. The summed E-state index contributed by atoms with van der Waals surface area (Å²) in [6.45, 7) is 4.00. The van der Waals surface area contributed by atoms with Gasteiger partial charge in [0, 0.05) is 22.0 Å². The summed E-state index contributed by atoms with van der Waals surface area (Å²) in [5.74, 6) is -0.0447. The van der Waals surface area contributed by atoms with Gasteiger partial charge in [-0.05, 0) is 17.0 Å². The second-order valence-electron chi connectivity index (χ2n) is 5.05. The first-order chi connectivity index (χ1) is 9.69. The van der Waals surface area contributed by atoms with E-state index in [0.29, 0.717) is 11.0 Å². The lowest BCUT2D eigenvalue weighted by Gasteiger charge is -2.16. The molecule has 0 saturated heterocycles. The van der Waals surface area contributed by atoms with Crippen LogP contribution in [0.2, 0.25) is 0 Å². The Morgan fingerprint density at radius 1 is 1.38 bits per heavy atom. The van der Waals surface area contributed by atoms with E-state index in [9.17, 15) is 14.6 Å². The van der Waals surface area contributed by atoms with E-state index in [-0.39, 0.29) is 19.4 Å². The van der Waals surface area contributed by atoms with Crippen molar-refractivity contribution in [2.75, 3.05) is 13.0 Å². The lowest BCUT2D eigenvalue weighted by molar-refractivity contribution is -0.165. The number of nitrogens with zero attached hydrogens (tertiary/aromatic N) is 1. The first-order valence-electron chi connectivity index (χ1n) is 6.49. The van der Waals surface area contributed by atoms with Gasteiger partial charge in [0.2, 0.25) is 0 Å². The number of rotatable bonds is 7. The van der Waals surface area contributed by atoms with E-state index in [0.717, 1.165) is 5.56 Å². The number of benzene rings is 1. The predicted octanol–water partition coefficient (Wildman–Crippen LogP) is 2.70. The van der Waals surface area contributed by atoms with Crippen molar-refractivity contribution >= 4 is 33.0 Å². The van der Waals surface area contributed by atoms with E-state index >= 15 is 0 Å². The lowest BCUT2D eigenvalue weighted by atomic mass is 10.0. The largest absolute Gasteiger partial charge is 0.336 e. The Morgan fingerprint density at radius 3 is 2.43 bits per heavy atom. The van der Waals surface area contributed by atoms with E-state index in [1.807, 2.05) is 24.3 Å². The average Bonchev–Trinajstić information content (AvgIpc) is 2.37. The zero-order valence-corrected chi connectivity index (χ0v) is 15.0. The van der Waals surface area contributed by atoms with Crippen molar-refractivity contribution in [2.45, 2.75) is 26.2 Å². The third kappa shape index (κ3) is 7.37. The topological polar surface area (TPSA) is 89.9 Å². The Hall–Kier alpha value is -0.470. The number of halogens is 1. The summed E-state index contributed by atoms with van der Waals surface area (Å²) in [4.78, 5) is 20.9. The van der Waals surface area contributed by atoms with Gasteiger partial charge in [-0.2, -0.15) is 0 Å². The highest BCUT2D eigenvalue weighted by molar-refractivity contribution is 14.2. The Morgan fingerprint density at radius 2 is 1.95 bits per heavy atom. The molecule has 0 aromatic heterocycles. The highest BCUT2D eigenvalue weighted by Gasteiger charge is 2.15. The van der Waals surface area contributed by atoms with Gasteiger partial charge in [0.1, 0.15) is 0 Å². The van der Waals surface area contributed by atoms with Crippen molar-refractivity contribution in [1.82, 2.24) is 10.4 Å². The molecular weight excluding hydrogens is 406 g/mol. The maximum absolute atomic E-state index is 11.8. The van der Waals surface area contributed by atoms with Gasteiger partial charge >= 0.3 is 0 Å². The van der Waals surface area contributed by atoms with Crippen molar-refractivity contribution in [3.63, 3.8) is 0 Å². The molecule has 1 rings (SSSR count). The number of amides is 1. The monoisotopic (exact) mass is 426 g/mol. The van der Waals surface area contributed by atoms with Gasteiger partial charge in [0.05, 0.1) is 19.4 Å². The standard InChI is InChI=1S/C13H20IN2O4P/c1-10(2)12-5-3-11(4-6-12)7-13(17)16(18)8-15-9-21(14,19)20/h3-6,10,15,18H,7-9H2,1-2H3,(H,19,20). The minimum Gasteiger partial charge on any atom is -0.336 e. The van der Waals surface area contributed by atoms with Crippen LogP contribution in [0.5, 0.6) is 0 Å². The Kier molecular flexibility index (Phi) is 7.29. The molecule has 8 heteroatoms. The second-order valence-corrected chi connectivity index (χ2v) is 11.1. The molecule has 118 valence electrons. The van der Waals surface area contributed by atoms with Gasteiger partial charge in [-0.15, -0.1) is 0 Å². The number of hydrogen-bond donors (Lipinski definition) is 3. The van der Waals surface area contributed by atoms with E-state index in [1.165, 1.54) is 27.6 Å². The van der Waals surface area contributed by atoms with Crippen molar-refractivity contribution in [3.05, 3.63) is 35.4 Å². The smallest absolute Gasteiger partial charge is 0.270 e. The SMILES string of the molecule is CC(C)c1ccc(CC(=O)N(O)CNCP(=O)(O)I)cc1. The maximum atomic E-state index is 11.8. The molecule has 1 aromatic carbocycles. The van der Waals surface area contributed by atoms with Gasteiger partial charge in [0.15, 0.2) is 0 Å². The molecule has 0 aliphatic rings. The molecule has 1 amide bonds. The fourth-order valence-electron chi connectivity index (χ4n) is 1.67. The molecule has 6 nitrogen and oxygen atoms in total. The van der Waals surface area contributed by atoms with Crippen LogP contribution in [0.1, 0.15) is 30.9 Å². The van der Waals surface area contributed by atoms with E-state index < -0.39 is 10.9 Å². The molecule has 21 heavy (non-hydrogen) atoms. The minimum absolute atomic E-state index is 0.0809. The molecule has 3 N–H and O–H groups in total. The van der Waals surface area contributed by atoms with Crippen molar-refractivity contribution in [3.8, 4) is 0 Å². The molecule has 1 aromatic rings. The molecule has 0 radical (unpaired) electrons. The van der Waals surface area contributed by atoms with E-state index in [1.54, 1.807) is 0 Å². The van der Waals surface area contributed by atoms with Gasteiger partial charge in [-0.1, -0.05) is 38.1 Å². The first kappa shape index (κ1) is 18.6. The van der Waals surface area contributed by atoms with E-state index in [2.05, 4.69) is 19.2 Å². The van der Waals surface area contributed by atoms with Crippen molar-refractivity contribution < 1.29 is 19.5 Å². The number of hydrogen-bond acceptors (Lipinski definition) is 4. The number of carbonyl (C=O) groups excluding carboxylic acids is 1.